The zero-order valence-electron chi connectivity index (χ0n) is 12.3. The first kappa shape index (κ1) is 14.9. The SMILES string of the molecule is CCN(CC)Cc1nc2cc(F)ccc2n1CCCN. The van der Waals surface area contributed by atoms with Gasteiger partial charge in [-0.15, -0.1) is 0 Å². The summed E-state index contributed by atoms with van der Waals surface area (Å²) >= 11 is 0. The highest BCUT2D eigenvalue weighted by atomic mass is 19.1. The van der Waals surface area contributed by atoms with E-state index < -0.39 is 0 Å². The van der Waals surface area contributed by atoms with Crippen LogP contribution in [0, 0.1) is 5.82 Å². The van der Waals surface area contributed by atoms with E-state index in [-0.39, 0.29) is 5.82 Å². The summed E-state index contributed by atoms with van der Waals surface area (Å²) in [6.07, 6.45) is 0.897. The van der Waals surface area contributed by atoms with Crippen molar-refractivity contribution in [3.63, 3.8) is 0 Å². The van der Waals surface area contributed by atoms with Crippen LogP contribution in [0.2, 0.25) is 0 Å². The molecule has 0 aliphatic heterocycles. The molecule has 1 aromatic heterocycles. The minimum Gasteiger partial charge on any atom is -0.330 e. The van der Waals surface area contributed by atoms with Crippen molar-refractivity contribution in [3.05, 3.63) is 29.8 Å². The fourth-order valence-corrected chi connectivity index (χ4v) is 2.42. The van der Waals surface area contributed by atoms with Gasteiger partial charge in [0.2, 0.25) is 0 Å². The van der Waals surface area contributed by atoms with Crippen LogP contribution in [0.3, 0.4) is 0 Å². The third-order valence-electron chi connectivity index (χ3n) is 3.63. The zero-order chi connectivity index (χ0) is 14.5. The van der Waals surface area contributed by atoms with E-state index in [1.54, 1.807) is 6.07 Å². The van der Waals surface area contributed by atoms with Crippen molar-refractivity contribution in [2.45, 2.75) is 33.4 Å². The predicted molar refractivity (Wildman–Crippen MR) is 80.0 cm³/mol. The predicted octanol–water partition coefficient (Wildman–Crippen LogP) is 2.37. The van der Waals surface area contributed by atoms with Gasteiger partial charge in [0, 0.05) is 12.6 Å². The Hall–Kier alpha value is -1.46. The Kier molecular flexibility index (Phi) is 5.09. The van der Waals surface area contributed by atoms with Crippen molar-refractivity contribution < 1.29 is 4.39 Å². The van der Waals surface area contributed by atoms with E-state index in [1.807, 2.05) is 0 Å². The molecular formula is C15H23FN4. The smallest absolute Gasteiger partial charge is 0.125 e. The fourth-order valence-electron chi connectivity index (χ4n) is 2.42. The molecule has 0 saturated carbocycles. The van der Waals surface area contributed by atoms with Crippen LogP contribution in [0.15, 0.2) is 18.2 Å². The third-order valence-corrected chi connectivity index (χ3v) is 3.63. The summed E-state index contributed by atoms with van der Waals surface area (Å²) < 4.78 is 15.5. The maximum atomic E-state index is 13.3. The molecule has 0 aliphatic carbocycles. The summed E-state index contributed by atoms with van der Waals surface area (Å²) in [6.45, 7) is 8.48. The number of imidazole rings is 1. The summed E-state index contributed by atoms with van der Waals surface area (Å²) in [7, 11) is 0. The van der Waals surface area contributed by atoms with Gasteiger partial charge >= 0.3 is 0 Å². The highest BCUT2D eigenvalue weighted by Gasteiger charge is 2.13. The zero-order valence-corrected chi connectivity index (χ0v) is 12.3. The second-order valence-electron chi connectivity index (χ2n) is 4.92. The maximum absolute atomic E-state index is 13.3. The highest BCUT2D eigenvalue weighted by molar-refractivity contribution is 5.76. The molecule has 0 atom stereocenters. The average Bonchev–Trinajstić information content (AvgIpc) is 2.78. The summed E-state index contributed by atoms with van der Waals surface area (Å²) in [4.78, 5) is 6.90. The number of halogens is 1. The Morgan fingerprint density at radius 3 is 2.70 bits per heavy atom. The number of benzene rings is 1. The van der Waals surface area contributed by atoms with Gasteiger partial charge in [0.25, 0.3) is 0 Å². The molecule has 1 aromatic carbocycles. The topological polar surface area (TPSA) is 47.1 Å². The summed E-state index contributed by atoms with van der Waals surface area (Å²) in [6, 6.07) is 4.80. The highest BCUT2D eigenvalue weighted by Crippen LogP contribution is 2.19. The van der Waals surface area contributed by atoms with Crippen LogP contribution >= 0.6 is 0 Å². The Bertz CT molecular complexity index is 560. The lowest BCUT2D eigenvalue weighted by molar-refractivity contribution is 0.284. The lowest BCUT2D eigenvalue weighted by Gasteiger charge is -2.18. The number of hydrogen-bond acceptors (Lipinski definition) is 3. The summed E-state index contributed by atoms with van der Waals surface area (Å²) in [5.74, 6) is 0.748. The molecule has 0 bridgehead atoms. The third kappa shape index (κ3) is 3.16. The van der Waals surface area contributed by atoms with Crippen LogP contribution in [-0.2, 0) is 13.1 Å². The quantitative estimate of drug-likeness (QED) is 0.846. The second-order valence-corrected chi connectivity index (χ2v) is 4.92. The standard InChI is InChI=1S/C15H23FN4/c1-3-19(4-2)11-15-18-13-10-12(16)6-7-14(13)20(15)9-5-8-17/h6-7,10H,3-5,8-9,11,17H2,1-2H3. The van der Waals surface area contributed by atoms with Crippen LogP contribution in [0.25, 0.3) is 11.0 Å². The first-order valence-corrected chi connectivity index (χ1v) is 7.26. The molecule has 20 heavy (non-hydrogen) atoms. The molecule has 0 radical (unpaired) electrons. The number of aromatic nitrogens is 2. The number of nitrogens with two attached hydrogens (primary N) is 1. The van der Waals surface area contributed by atoms with E-state index in [4.69, 9.17) is 5.73 Å². The molecule has 0 aliphatic rings. The number of fused-ring (bicyclic) bond motifs is 1. The fraction of sp³-hybridized carbons (Fsp3) is 0.533. The van der Waals surface area contributed by atoms with Crippen molar-refractivity contribution in [1.82, 2.24) is 14.5 Å². The number of nitrogens with zero attached hydrogens (tertiary/aromatic N) is 3. The number of rotatable bonds is 7. The van der Waals surface area contributed by atoms with Crippen LogP contribution in [0.1, 0.15) is 26.1 Å². The molecular weight excluding hydrogens is 255 g/mol. The van der Waals surface area contributed by atoms with Gasteiger partial charge in [0.15, 0.2) is 0 Å². The lowest BCUT2D eigenvalue weighted by atomic mass is 10.3. The van der Waals surface area contributed by atoms with E-state index in [2.05, 4.69) is 28.3 Å². The van der Waals surface area contributed by atoms with E-state index in [0.29, 0.717) is 6.54 Å². The van der Waals surface area contributed by atoms with Crippen molar-refractivity contribution >= 4 is 11.0 Å². The molecule has 0 unspecified atom stereocenters. The maximum Gasteiger partial charge on any atom is 0.125 e. The second kappa shape index (κ2) is 6.81. The Labute approximate surface area is 119 Å². The molecule has 1 heterocycles. The number of hydrogen-bond donors (Lipinski definition) is 1. The monoisotopic (exact) mass is 278 g/mol. The van der Waals surface area contributed by atoms with Gasteiger partial charge in [-0.25, -0.2) is 9.37 Å². The minimum atomic E-state index is -0.240. The summed E-state index contributed by atoms with van der Waals surface area (Å²) in [5.41, 5.74) is 7.33. The molecule has 4 nitrogen and oxygen atoms in total. The lowest BCUT2D eigenvalue weighted by Crippen LogP contribution is -2.24. The van der Waals surface area contributed by atoms with E-state index in [9.17, 15) is 4.39 Å². The molecule has 0 saturated heterocycles. The van der Waals surface area contributed by atoms with Gasteiger partial charge in [-0.3, -0.25) is 4.90 Å². The first-order chi connectivity index (χ1) is 9.69. The van der Waals surface area contributed by atoms with Gasteiger partial charge in [-0.1, -0.05) is 13.8 Å². The largest absolute Gasteiger partial charge is 0.330 e. The minimum absolute atomic E-state index is 0.240. The Balaban J connectivity index is 2.39. The first-order valence-electron chi connectivity index (χ1n) is 7.26. The van der Waals surface area contributed by atoms with Gasteiger partial charge in [0.1, 0.15) is 11.6 Å². The molecule has 2 rings (SSSR count). The van der Waals surface area contributed by atoms with Crippen molar-refractivity contribution in [2.24, 2.45) is 5.73 Å². The van der Waals surface area contributed by atoms with Crippen LogP contribution in [0.5, 0.6) is 0 Å². The summed E-state index contributed by atoms with van der Waals surface area (Å²) in [5, 5.41) is 0. The van der Waals surface area contributed by atoms with E-state index in [1.165, 1.54) is 12.1 Å². The van der Waals surface area contributed by atoms with Gasteiger partial charge in [-0.05, 0) is 38.2 Å². The molecule has 5 heteroatoms. The molecule has 2 aromatic rings. The van der Waals surface area contributed by atoms with E-state index in [0.717, 1.165) is 49.5 Å². The molecule has 0 amide bonds. The normalized spacial score (nSPS) is 11.7. The molecule has 0 spiro atoms. The van der Waals surface area contributed by atoms with Crippen LogP contribution in [-0.4, -0.2) is 34.1 Å². The van der Waals surface area contributed by atoms with Gasteiger partial charge in [0.05, 0.1) is 17.6 Å². The van der Waals surface area contributed by atoms with Crippen LogP contribution in [0.4, 0.5) is 4.39 Å². The molecule has 0 fully saturated rings. The van der Waals surface area contributed by atoms with Gasteiger partial charge in [-0.2, -0.15) is 0 Å². The molecule has 110 valence electrons. The Morgan fingerprint density at radius 1 is 1.30 bits per heavy atom. The van der Waals surface area contributed by atoms with Crippen molar-refractivity contribution in [3.8, 4) is 0 Å². The van der Waals surface area contributed by atoms with Crippen molar-refractivity contribution in [2.75, 3.05) is 19.6 Å². The van der Waals surface area contributed by atoms with Crippen LogP contribution < -0.4 is 5.73 Å². The number of aryl methyl sites for hydroxylation is 1. The Morgan fingerprint density at radius 2 is 2.05 bits per heavy atom. The van der Waals surface area contributed by atoms with E-state index >= 15 is 0 Å². The van der Waals surface area contributed by atoms with Crippen molar-refractivity contribution in [1.29, 1.82) is 0 Å². The average molecular weight is 278 g/mol. The van der Waals surface area contributed by atoms with Gasteiger partial charge < -0.3 is 10.3 Å². The molecule has 2 N–H and O–H groups in total.